The van der Waals surface area contributed by atoms with Gasteiger partial charge in [0.25, 0.3) is 0 Å². The first kappa shape index (κ1) is 17.0. The lowest BCUT2D eigenvalue weighted by atomic mass is 9.88. The molecule has 1 aromatic rings. The zero-order valence-electron chi connectivity index (χ0n) is 13.4. The number of nitrogens with zero attached hydrogens (tertiary/aromatic N) is 1. The van der Waals surface area contributed by atoms with E-state index < -0.39 is 0 Å². The number of nitrogens with one attached hydrogen (secondary N) is 1. The highest BCUT2D eigenvalue weighted by atomic mass is 16.3. The molecule has 1 unspecified atom stereocenters. The Morgan fingerprint density at radius 3 is 2.45 bits per heavy atom. The summed E-state index contributed by atoms with van der Waals surface area (Å²) in [7, 11) is 0. The normalized spacial score (nSPS) is 14.3. The molecule has 0 aliphatic carbocycles. The zero-order chi connectivity index (χ0) is 15.0. The van der Waals surface area contributed by atoms with Crippen molar-refractivity contribution in [3.05, 3.63) is 29.8 Å². The van der Waals surface area contributed by atoms with E-state index in [0.717, 1.165) is 38.3 Å². The van der Waals surface area contributed by atoms with Gasteiger partial charge in [-0.2, -0.15) is 0 Å². The first-order chi connectivity index (χ1) is 9.56. The molecule has 1 aromatic carbocycles. The van der Waals surface area contributed by atoms with Crippen LogP contribution < -0.4 is 5.32 Å². The maximum absolute atomic E-state index is 9.45. The standard InChI is InChI=1S/C17H30N2O/c1-5-17(4,14-20)13-18-16-10-8-9-15(11-16)12-19(6-2)7-3/h8-11,18,20H,5-7,12-14H2,1-4H3. The molecule has 0 bridgehead atoms. The largest absolute Gasteiger partial charge is 0.396 e. The van der Waals surface area contributed by atoms with Crippen molar-refractivity contribution in [3.63, 3.8) is 0 Å². The third kappa shape index (κ3) is 5.14. The van der Waals surface area contributed by atoms with Crippen LogP contribution in [0.15, 0.2) is 24.3 Å². The molecule has 3 heteroatoms. The molecule has 0 aromatic heterocycles. The van der Waals surface area contributed by atoms with Gasteiger partial charge in [-0.1, -0.05) is 39.8 Å². The smallest absolute Gasteiger partial charge is 0.0501 e. The van der Waals surface area contributed by atoms with Gasteiger partial charge in [0.2, 0.25) is 0 Å². The molecule has 1 rings (SSSR count). The summed E-state index contributed by atoms with van der Waals surface area (Å²) in [4.78, 5) is 2.41. The third-order valence-electron chi connectivity index (χ3n) is 4.18. The maximum atomic E-state index is 9.45. The number of aliphatic hydroxyl groups is 1. The van der Waals surface area contributed by atoms with Gasteiger partial charge < -0.3 is 10.4 Å². The second kappa shape index (κ2) is 8.28. The fourth-order valence-electron chi connectivity index (χ4n) is 2.09. The Bertz CT molecular complexity index is 384. The minimum atomic E-state index is -0.0467. The van der Waals surface area contributed by atoms with Crippen molar-refractivity contribution < 1.29 is 5.11 Å². The highest BCUT2D eigenvalue weighted by Gasteiger charge is 2.20. The predicted molar refractivity (Wildman–Crippen MR) is 87.0 cm³/mol. The fraction of sp³-hybridized carbons (Fsp3) is 0.647. The number of anilines is 1. The number of benzene rings is 1. The SMILES string of the molecule is CCN(CC)Cc1cccc(NCC(C)(CC)CO)c1. The van der Waals surface area contributed by atoms with Gasteiger partial charge >= 0.3 is 0 Å². The van der Waals surface area contributed by atoms with Gasteiger partial charge in [-0.05, 0) is 37.2 Å². The molecule has 114 valence electrons. The lowest BCUT2D eigenvalue weighted by Crippen LogP contribution is -2.29. The van der Waals surface area contributed by atoms with E-state index in [-0.39, 0.29) is 12.0 Å². The summed E-state index contributed by atoms with van der Waals surface area (Å²) in [5, 5.41) is 12.9. The fourth-order valence-corrected chi connectivity index (χ4v) is 2.09. The van der Waals surface area contributed by atoms with Gasteiger partial charge in [0.15, 0.2) is 0 Å². The van der Waals surface area contributed by atoms with Crippen molar-refractivity contribution in [3.8, 4) is 0 Å². The molecule has 0 aliphatic rings. The Morgan fingerprint density at radius 1 is 1.20 bits per heavy atom. The van der Waals surface area contributed by atoms with Crippen LogP contribution in [0.4, 0.5) is 5.69 Å². The maximum Gasteiger partial charge on any atom is 0.0501 e. The average molecular weight is 278 g/mol. The summed E-state index contributed by atoms with van der Waals surface area (Å²) >= 11 is 0. The van der Waals surface area contributed by atoms with Crippen LogP contribution in [0.2, 0.25) is 0 Å². The summed E-state index contributed by atoms with van der Waals surface area (Å²) in [5.74, 6) is 0. The predicted octanol–water partition coefficient (Wildman–Crippen LogP) is 3.35. The van der Waals surface area contributed by atoms with E-state index >= 15 is 0 Å². The third-order valence-corrected chi connectivity index (χ3v) is 4.18. The van der Waals surface area contributed by atoms with E-state index in [9.17, 15) is 5.11 Å². The van der Waals surface area contributed by atoms with Crippen molar-refractivity contribution >= 4 is 5.69 Å². The molecule has 2 N–H and O–H groups in total. The van der Waals surface area contributed by atoms with E-state index in [2.05, 4.69) is 62.2 Å². The van der Waals surface area contributed by atoms with Gasteiger partial charge in [-0.3, -0.25) is 4.90 Å². The molecule has 0 spiro atoms. The quantitative estimate of drug-likeness (QED) is 0.727. The monoisotopic (exact) mass is 278 g/mol. The van der Waals surface area contributed by atoms with E-state index in [1.165, 1.54) is 5.56 Å². The van der Waals surface area contributed by atoms with E-state index in [4.69, 9.17) is 0 Å². The van der Waals surface area contributed by atoms with Crippen LogP contribution in [-0.2, 0) is 6.54 Å². The molecule has 0 saturated carbocycles. The second-order valence-electron chi connectivity index (χ2n) is 5.84. The number of hydrogen-bond acceptors (Lipinski definition) is 3. The van der Waals surface area contributed by atoms with Crippen LogP contribution in [0, 0.1) is 5.41 Å². The van der Waals surface area contributed by atoms with Gasteiger partial charge in [0.1, 0.15) is 0 Å². The van der Waals surface area contributed by atoms with Gasteiger partial charge in [-0.25, -0.2) is 0 Å². The molecule has 0 fully saturated rings. The lowest BCUT2D eigenvalue weighted by Gasteiger charge is -2.26. The van der Waals surface area contributed by atoms with Crippen LogP contribution in [0.3, 0.4) is 0 Å². The minimum Gasteiger partial charge on any atom is -0.396 e. The topological polar surface area (TPSA) is 35.5 Å². The summed E-state index contributed by atoms with van der Waals surface area (Å²) < 4.78 is 0. The van der Waals surface area contributed by atoms with E-state index in [1.807, 2.05) is 0 Å². The van der Waals surface area contributed by atoms with Crippen LogP contribution in [0.5, 0.6) is 0 Å². The lowest BCUT2D eigenvalue weighted by molar-refractivity contribution is 0.149. The molecule has 0 heterocycles. The number of hydrogen-bond donors (Lipinski definition) is 2. The second-order valence-corrected chi connectivity index (χ2v) is 5.84. The van der Waals surface area contributed by atoms with E-state index in [0.29, 0.717) is 0 Å². The number of aliphatic hydroxyl groups excluding tert-OH is 1. The van der Waals surface area contributed by atoms with Crippen LogP contribution >= 0.6 is 0 Å². The molecule has 1 atom stereocenters. The Balaban J connectivity index is 2.64. The molecule has 0 radical (unpaired) electrons. The number of rotatable bonds is 9. The molecule has 0 aliphatic heterocycles. The summed E-state index contributed by atoms with van der Waals surface area (Å²) in [5.41, 5.74) is 2.43. The first-order valence-electron chi connectivity index (χ1n) is 7.73. The van der Waals surface area contributed by atoms with Gasteiger partial charge in [0, 0.05) is 24.2 Å². The Kier molecular flexibility index (Phi) is 7.03. The van der Waals surface area contributed by atoms with Crippen molar-refractivity contribution in [2.45, 2.75) is 40.7 Å². The first-order valence-corrected chi connectivity index (χ1v) is 7.73. The Labute approximate surface area is 124 Å². The van der Waals surface area contributed by atoms with Gasteiger partial charge in [-0.15, -0.1) is 0 Å². The van der Waals surface area contributed by atoms with E-state index in [1.54, 1.807) is 0 Å². The summed E-state index contributed by atoms with van der Waals surface area (Å²) in [6.45, 7) is 12.8. The van der Waals surface area contributed by atoms with Crippen LogP contribution in [0.25, 0.3) is 0 Å². The van der Waals surface area contributed by atoms with Crippen molar-refractivity contribution in [2.24, 2.45) is 5.41 Å². The highest BCUT2D eigenvalue weighted by molar-refractivity contribution is 5.45. The molecular formula is C17H30N2O. The van der Waals surface area contributed by atoms with Crippen molar-refractivity contribution in [1.29, 1.82) is 0 Å². The molecular weight excluding hydrogens is 248 g/mol. The van der Waals surface area contributed by atoms with Crippen molar-refractivity contribution in [2.75, 3.05) is 31.6 Å². The molecule has 20 heavy (non-hydrogen) atoms. The molecule has 3 nitrogen and oxygen atoms in total. The zero-order valence-corrected chi connectivity index (χ0v) is 13.4. The summed E-state index contributed by atoms with van der Waals surface area (Å²) in [6.07, 6.45) is 0.968. The molecule has 0 amide bonds. The van der Waals surface area contributed by atoms with Crippen LogP contribution in [-0.4, -0.2) is 36.2 Å². The summed E-state index contributed by atoms with van der Waals surface area (Å²) in [6, 6.07) is 8.59. The minimum absolute atomic E-state index is 0.0467. The Hall–Kier alpha value is -1.06. The van der Waals surface area contributed by atoms with Crippen molar-refractivity contribution in [1.82, 2.24) is 4.90 Å². The highest BCUT2D eigenvalue weighted by Crippen LogP contribution is 2.21. The Morgan fingerprint density at radius 2 is 1.90 bits per heavy atom. The molecule has 0 saturated heterocycles. The van der Waals surface area contributed by atoms with Gasteiger partial charge in [0.05, 0.1) is 6.61 Å². The van der Waals surface area contributed by atoms with Crippen LogP contribution in [0.1, 0.15) is 39.7 Å². The average Bonchev–Trinajstić information content (AvgIpc) is 2.50.